The molecule has 34 heavy (non-hydrogen) atoms. The molecular weight excluding hydrogens is 454 g/mol. The minimum absolute atomic E-state index is 0.0708. The third-order valence-corrected chi connectivity index (χ3v) is 5.30. The molecule has 0 bridgehead atoms. The van der Waals surface area contributed by atoms with Crippen molar-refractivity contribution >= 4 is 29.1 Å². The fourth-order valence-electron chi connectivity index (χ4n) is 3.24. The first kappa shape index (κ1) is 23.1. The van der Waals surface area contributed by atoms with E-state index in [9.17, 15) is 4.79 Å². The van der Waals surface area contributed by atoms with Crippen LogP contribution in [-0.4, -0.2) is 32.4 Å². The Morgan fingerprint density at radius 2 is 1.94 bits per heavy atom. The Hall–Kier alpha value is -4.11. The van der Waals surface area contributed by atoms with Gasteiger partial charge in [-0.05, 0) is 36.8 Å². The van der Waals surface area contributed by atoms with Crippen molar-refractivity contribution in [1.29, 1.82) is 0 Å². The Balaban J connectivity index is 1.55. The predicted molar refractivity (Wildman–Crippen MR) is 132 cm³/mol. The van der Waals surface area contributed by atoms with Gasteiger partial charge in [0, 0.05) is 23.7 Å². The number of carbonyl (C=O) groups excluding carboxylic acids is 1. The fraction of sp³-hybridized carbons (Fsp3) is 0.167. The van der Waals surface area contributed by atoms with Crippen LogP contribution in [0.5, 0.6) is 0 Å². The molecule has 2 aromatic carbocycles. The number of carbonyl (C=O) groups is 1. The molecule has 0 atom stereocenters. The van der Waals surface area contributed by atoms with Crippen LogP contribution in [0, 0.1) is 6.92 Å². The van der Waals surface area contributed by atoms with Crippen molar-refractivity contribution in [1.82, 2.24) is 25.2 Å². The fourth-order valence-corrected chi connectivity index (χ4v) is 3.36. The van der Waals surface area contributed by atoms with E-state index >= 15 is 0 Å². The van der Waals surface area contributed by atoms with Gasteiger partial charge in [0.05, 0.1) is 0 Å². The molecule has 2 heterocycles. The summed E-state index contributed by atoms with van der Waals surface area (Å²) in [4.78, 5) is 17.0. The van der Waals surface area contributed by atoms with Gasteiger partial charge in [0.1, 0.15) is 17.9 Å². The molecule has 0 radical (unpaired) electrons. The summed E-state index contributed by atoms with van der Waals surface area (Å²) in [5.41, 5.74) is 9.67. The van der Waals surface area contributed by atoms with Crippen molar-refractivity contribution in [3.63, 3.8) is 0 Å². The van der Waals surface area contributed by atoms with E-state index in [1.54, 1.807) is 30.3 Å². The number of benzene rings is 2. The van der Waals surface area contributed by atoms with E-state index in [0.29, 0.717) is 35.3 Å². The number of hydrogen-bond acceptors (Lipinski definition) is 7. The first-order valence-corrected chi connectivity index (χ1v) is 11.0. The number of nitrogens with zero attached hydrogens (tertiary/aromatic N) is 4. The lowest BCUT2D eigenvalue weighted by atomic mass is 10.1. The van der Waals surface area contributed by atoms with Gasteiger partial charge in [-0.1, -0.05) is 52.7 Å². The third-order valence-electron chi connectivity index (χ3n) is 5.05. The first-order valence-electron chi connectivity index (χ1n) is 10.6. The normalized spacial score (nSPS) is 10.8. The molecule has 0 aliphatic heterocycles. The maximum Gasteiger partial charge on any atom is 0.265 e. The lowest BCUT2D eigenvalue weighted by molar-refractivity contribution is -0.121. The highest BCUT2D eigenvalue weighted by Crippen LogP contribution is 2.33. The van der Waals surface area contributed by atoms with Crippen molar-refractivity contribution in [3.8, 4) is 22.8 Å². The van der Waals surface area contributed by atoms with Crippen LogP contribution < -0.4 is 16.4 Å². The van der Waals surface area contributed by atoms with Gasteiger partial charge in [-0.25, -0.2) is 4.68 Å². The van der Waals surface area contributed by atoms with Crippen molar-refractivity contribution < 1.29 is 9.32 Å². The largest absolute Gasteiger partial charge is 0.383 e. The minimum atomic E-state index is -0.232. The van der Waals surface area contributed by atoms with Gasteiger partial charge in [0.15, 0.2) is 5.82 Å². The van der Waals surface area contributed by atoms with Crippen molar-refractivity contribution in [2.75, 3.05) is 17.6 Å². The molecule has 1 amide bonds. The highest BCUT2D eigenvalue weighted by molar-refractivity contribution is 6.30. The van der Waals surface area contributed by atoms with E-state index in [0.717, 1.165) is 16.7 Å². The van der Waals surface area contributed by atoms with Crippen LogP contribution in [0.3, 0.4) is 0 Å². The second-order valence-corrected chi connectivity index (χ2v) is 8.06. The molecule has 4 rings (SSSR count). The number of aromatic nitrogens is 4. The number of rotatable bonds is 9. The number of nitrogens with one attached hydrogen (secondary N) is 2. The van der Waals surface area contributed by atoms with Gasteiger partial charge in [-0.15, -0.1) is 6.58 Å². The number of aryl methyl sites for hydroxylation is 1. The molecule has 4 aromatic rings. The van der Waals surface area contributed by atoms with Crippen LogP contribution in [0.4, 0.5) is 11.6 Å². The van der Waals surface area contributed by atoms with Crippen LogP contribution >= 0.6 is 11.6 Å². The van der Waals surface area contributed by atoms with E-state index < -0.39 is 0 Å². The van der Waals surface area contributed by atoms with E-state index in [1.807, 2.05) is 31.2 Å². The van der Waals surface area contributed by atoms with Gasteiger partial charge >= 0.3 is 0 Å². The standard InChI is InChI=1S/C24H24ClN7O2/c1-3-12-27-23-20(24-29-22(31-34-24)17-8-10-18(25)11-9-17)21(26)32(30-23)14-19(33)28-13-16-6-4-15(2)5-7-16/h3-11H,1,12-14,26H2,2H3,(H,27,30)(H,28,33). The van der Waals surface area contributed by atoms with Gasteiger partial charge in [0.2, 0.25) is 11.7 Å². The Labute approximate surface area is 201 Å². The average Bonchev–Trinajstić information content (AvgIpc) is 3.42. The van der Waals surface area contributed by atoms with Crippen LogP contribution in [0.1, 0.15) is 11.1 Å². The molecule has 0 saturated heterocycles. The highest BCUT2D eigenvalue weighted by atomic mass is 35.5. The minimum Gasteiger partial charge on any atom is -0.383 e. The summed E-state index contributed by atoms with van der Waals surface area (Å²) >= 11 is 5.96. The highest BCUT2D eigenvalue weighted by Gasteiger charge is 2.24. The zero-order valence-corrected chi connectivity index (χ0v) is 19.3. The summed E-state index contributed by atoms with van der Waals surface area (Å²) in [5.74, 6) is 0.965. The molecule has 4 N–H and O–H groups in total. The molecule has 10 heteroatoms. The van der Waals surface area contributed by atoms with Gasteiger partial charge in [0.25, 0.3) is 5.89 Å². The maximum absolute atomic E-state index is 12.6. The van der Waals surface area contributed by atoms with Crippen LogP contribution in [0.25, 0.3) is 22.8 Å². The molecule has 174 valence electrons. The number of hydrogen-bond donors (Lipinski definition) is 3. The average molecular weight is 478 g/mol. The van der Waals surface area contributed by atoms with E-state index in [2.05, 4.69) is 32.5 Å². The number of anilines is 2. The molecular formula is C24H24ClN7O2. The van der Waals surface area contributed by atoms with Crippen LogP contribution in [0.15, 0.2) is 65.7 Å². The van der Waals surface area contributed by atoms with E-state index in [4.69, 9.17) is 21.9 Å². The zero-order chi connectivity index (χ0) is 24.1. The Morgan fingerprint density at radius 3 is 2.65 bits per heavy atom. The second kappa shape index (κ2) is 10.2. The molecule has 0 unspecified atom stereocenters. The summed E-state index contributed by atoms with van der Waals surface area (Å²) in [5, 5.41) is 15.1. The molecule has 0 spiro atoms. The molecule has 0 aliphatic carbocycles. The van der Waals surface area contributed by atoms with Crippen molar-refractivity contribution in [3.05, 3.63) is 77.3 Å². The van der Waals surface area contributed by atoms with Gasteiger partial charge in [-0.2, -0.15) is 10.1 Å². The van der Waals surface area contributed by atoms with Gasteiger partial charge in [-0.3, -0.25) is 4.79 Å². The monoisotopic (exact) mass is 477 g/mol. The second-order valence-electron chi connectivity index (χ2n) is 7.63. The Bertz CT molecular complexity index is 1290. The Kier molecular flexibility index (Phi) is 6.93. The predicted octanol–water partition coefficient (Wildman–Crippen LogP) is 4.06. The molecule has 0 saturated carbocycles. The van der Waals surface area contributed by atoms with Crippen molar-refractivity contribution in [2.24, 2.45) is 0 Å². The maximum atomic E-state index is 12.6. The van der Waals surface area contributed by atoms with E-state index in [1.165, 1.54) is 4.68 Å². The zero-order valence-electron chi connectivity index (χ0n) is 18.6. The summed E-state index contributed by atoms with van der Waals surface area (Å²) in [6.45, 7) is 6.49. The van der Waals surface area contributed by atoms with Crippen LogP contribution in [0.2, 0.25) is 5.02 Å². The SMILES string of the molecule is C=CCNc1nn(CC(=O)NCc2ccc(C)cc2)c(N)c1-c1nc(-c2ccc(Cl)cc2)no1. The number of amides is 1. The molecule has 9 nitrogen and oxygen atoms in total. The smallest absolute Gasteiger partial charge is 0.265 e. The number of nitrogens with two attached hydrogens (primary N) is 1. The first-order chi connectivity index (χ1) is 16.4. The molecule has 2 aromatic heterocycles. The Morgan fingerprint density at radius 1 is 1.21 bits per heavy atom. The number of nitrogen functional groups attached to an aromatic ring is 1. The number of halogens is 1. The molecule has 0 fully saturated rings. The summed E-state index contributed by atoms with van der Waals surface area (Å²) in [7, 11) is 0. The van der Waals surface area contributed by atoms with Crippen LogP contribution in [-0.2, 0) is 17.9 Å². The lowest BCUT2D eigenvalue weighted by Crippen LogP contribution is -2.28. The van der Waals surface area contributed by atoms with E-state index in [-0.39, 0.29) is 24.2 Å². The summed E-state index contributed by atoms with van der Waals surface area (Å²) in [6.07, 6.45) is 1.68. The van der Waals surface area contributed by atoms with Gasteiger partial charge < -0.3 is 20.9 Å². The summed E-state index contributed by atoms with van der Waals surface area (Å²) in [6, 6.07) is 15.0. The summed E-state index contributed by atoms with van der Waals surface area (Å²) < 4.78 is 6.88. The molecule has 0 aliphatic rings. The topological polar surface area (TPSA) is 124 Å². The lowest BCUT2D eigenvalue weighted by Gasteiger charge is -2.07. The third kappa shape index (κ3) is 5.26. The quantitative estimate of drug-likeness (QED) is 0.310. The van der Waals surface area contributed by atoms with Crippen molar-refractivity contribution in [2.45, 2.75) is 20.0 Å².